The highest BCUT2D eigenvalue weighted by Gasteiger charge is 2.12. The lowest BCUT2D eigenvalue weighted by Gasteiger charge is -2.14. The minimum absolute atomic E-state index is 0.274. The molecule has 0 radical (unpaired) electrons. The molecule has 2 aromatic rings. The van der Waals surface area contributed by atoms with Crippen LogP contribution in [0.1, 0.15) is 31.4 Å². The van der Waals surface area contributed by atoms with E-state index in [2.05, 4.69) is 22.2 Å². The van der Waals surface area contributed by atoms with E-state index in [0.29, 0.717) is 11.6 Å². The number of hydrogen-bond acceptors (Lipinski definition) is 4. The molecule has 0 aliphatic rings. The average molecular weight is 289 g/mol. The van der Waals surface area contributed by atoms with E-state index in [9.17, 15) is 4.39 Å². The predicted octanol–water partition coefficient (Wildman–Crippen LogP) is 4.10. The molecule has 0 saturated heterocycles. The Labute approximate surface area is 124 Å². The second-order valence-corrected chi connectivity index (χ2v) is 4.80. The zero-order chi connectivity index (χ0) is 15.2. The van der Waals surface area contributed by atoms with Gasteiger partial charge in [-0.3, -0.25) is 0 Å². The monoisotopic (exact) mass is 289 g/mol. The van der Waals surface area contributed by atoms with Crippen LogP contribution < -0.4 is 10.1 Å². The highest BCUT2D eigenvalue weighted by Crippen LogP contribution is 2.29. The van der Waals surface area contributed by atoms with Crippen molar-refractivity contribution in [3.05, 3.63) is 41.5 Å². The van der Waals surface area contributed by atoms with Gasteiger partial charge in [-0.1, -0.05) is 13.8 Å². The highest BCUT2D eigenvalue weighted by atomic mass is 19.1. The van der Waals surface area contributed by atoms with E-state index in [1.54, 1.807) is 6.07 Å². The molecule has 0 aliphatic heterocycles. The molecular formula is C16H20FN3O. The molecule has 0 aliphatic carbocycles. The quantitative estimate of drug-likeness (QED) is 0.869. The van der Waals surface area contributed by atoms with Gasteiger partial charge in [0.15, 0.2) is 0 Å². The van der Waals surface area contributed by atoms with Crippen LogP contribution in [0.5, 0.6) is 11.6 Å². The van der Waals surface area contributed by atoms with Crippen molar-refractivity contribution in [1.82, 2.24) is 9.97 Å². The van der Waals surface area contributed by atoms with Crippen molar-refractivity contribution in [2.24, 2.45) is 0 Å². The number of rotatable bonds is 6. The Morgan fingerprint density at radius 1 is 1.24 bits per heavy atom. The van der Waals surface area contributed by atoms with Crippen LogP contribution in [-0.4, -0.2) is 16.5 Å². The summed E-state index contributed by atoms with van der Waals surface area (Å²) in [6.45, 7) is 6.78. The van der Waals surface area contributed by atoms with E-state index >= 15 is 0 Å². The van der Waals surface area contributed by atoms with Crippen molar-refractivity contribution in [2.45, 2.75) is 33.6 Å². The van der Waals surface area contributed by atoms with E-state index in [-0.39, 0.29) is 5.82 Å². The van der Waals surface area contributed by atoms with Crippen molar-refractivity contribution < 1.29 is 9.13 Å². The molecular weight excluding hydrogens is 269 g/mol. The van der Waals surface area contributed by atoms with Gasteiger partial charge in [-0.15, -0.1) is 0 Å². The Morgan fingerprint density at radius 2 is 2.05 bits per heavy atom. The fourth-order valence-electron chi connectivity index (χ4n) is 2.03. The molecule has 5 heteroatoms. The van der Waals surface area contributed by atoms with E-state index < -0.39 is 0 Å². The Hall–Kier alpha value is -2.17. The number of nitrogens with zero attached hydrogens (tertiary/aromatic N) is 2. The summed E-state index contributed by atoms with van der Waals surface area (Å²) >= 11 is 0. The fourth-order valence-corrected chi connectivity index (χ4v) is 2.03. The van der Waals surface area contributed by atoms with E-state index in [0.717, 1.165) is 36.3 Å². The maximum atomic E-state index is 13.1. The number of aromatic nitrogens is 2. The predicted molar refractivity (Wildman–Crippen MR) is 81.4 cm³/mol. The van der Waals surface area contributed by atoms with Crippen molar-refractivity contribution in [3.63, 3.8) is 0 Å². The molecule has 1 N–H and O–H groups in total. The minimum atomic E-state index is -0.274. The largest absolute Gasteiger partial charge is 0.438 e. The number of aryl methyl sites for hydroxylation is 1. The van der Waals surface area contributed by atoms with Crippen LogP contribution in [0, 0.1) is 12.7 Å². The van der Waals surface area contributed by atoms with Gasteiger partial charge in [0.1, 0.15) is 23.7 Å². The average Bonchev–Trinajstić information content (AvgIpc) is 2.48. The van der Waals surface area contributed by atoms with Crippen molar-refractivity contribution in [2.75, 3.05) is 11.9 Å². The van der Waals surface area contributed by atoms with Gasteiger partial charge in [0, 0.05) is 6.54 Å². The third kappa shape index (κ3) is 3.68. The normalized spacial score (nSPS) is 10.5. The van der Waals surface area contributed by atoms with Gasteiger partial charge < -0.3 is 10.1 Å². The molecule has 4 nitrogen and oxygen atoms in total. The van der Waals surface area contributed by atoms with Crippen LogP contribution in [0.25, 0.3) is 0 Å². The first-order chi connectivity index (χ1) is 10.2. The lowest BCUT2D eigenvalue weighted by Crippen LogP contribution is -2.07. The van der Waals surface area contributed by atoms with Crippen LogP contribution in [0.4, 0.5) is 10.2 Å². The first kappa shape index (κ1) is 15.2. The number of nitrogens with one attached hydrogen (secondary N) is 1. The molecule has 1 aromatic carbocycles. The summed E-state index contributed by atoms with van der Waals surface area (Å²) in [6, 6.07) is 4.44. The molecule has 0 spiro atoms. The third-order valence-corrected chi connectivity index (χ3v) is 3.15. The Balaban J connectivity index is 2.30. The van der Waals surface area contributed by atoms with Gasteiger partial charge in [-0.2, -0.15) is 0 Å². The second kappa shape index (κ2) is 7.02. The van der Waals surface area contributed by atoms with Gasteiger partial charge >= 0.3 is 0 Å². The number of benzene rings is 1. The SMILES string of the molecule is CCCNc1ncnc(Oc2ccc(F)cc2C)c1CC. The van der Waals surface area contributed by atoms with Crippen LogP contribution in [0.15, 0.2) is 24.5 Å². The topological polar surface area (TPSA) is 47.0 Å². The molecule has 21 heavy (non-hydrogen) atoms. The van der Waals surface area contributed by atoms with Gasteiger partial charge in [0.25, 0.3) is 0 Å². The van der Waals surface area contributed by atoms with E-state index in [1.807, 2.05) is 13.8 Å². The molecule has 2 rings (SSSR count). The Kier molecular flexibility index (Phi) is 5.09. The summed E-state index contributed by atoms with van der Waals surface area (Å²) in [5, 5.41) is 3.27. The van der Waals surface area contributed by atoms with Crippen LogP contribution in [0.2, 0.25) is 0 Å². The van der Waals surface area contributed by atoms with Crippen LogP contribution >= 0.6 is 0 Å². The Morgan fingerprint density at radius 3 is 2.71 bits per heavy atom. The lowest BCUT2D eigenvalue weighted by atomic mass is 10.2. The summed E-state index contributed by atoms with van der Waals surface area (Å²) in [4.78, 5) is 8.47. The molecule has 0 atom stereocenters. The number of halogens is 1. The summed E-state index contributed by atoms with van der Waals surface area (Å²) in [6.07, 6.45) is 3.24. The molecule has 0 unspecified atom stereocenters. The first-order valence-electron chi connectivity index (χ1n) is 7.17. The van der Waals surface area contributed by atoms with E-state index in [1.165, 1.54) is 18.5 Å². The summed E-state index contributed by atoms with van der Waals surface area (Å²) in [7, 11) is 0. The van der Waals surface area contributed by atoms with Crippen molar-refractivity contribution in [1.29, 1.82) is 0 Å². The summed E-state index contributed by atoms with van der Waals surface area (Å²) < 4.78 is 19.0. The summed E-state index contributed by atoms with van der Waals surface area (Å²) in [5.41, 5.74) is 1.66. The zero-order valence-electron chi connectivity index (χ0n) is 12.6. The minimum Gasteiger partial charge on any atom is -0.438 e. The number of hydrogen-bond donors (Lipinski definition) is 1. The second-order valence-electron chi connectivity index (χ2n) is 4.80. The maximum Gasteiger partial charge on any atom is 0.227 e. The number of anilines is 1. The molecule has 0 saturated carbocycles. The highest BCUT2D eigenvalue weighted by molar-refractivity contribution is 5.50. The fraction of sp³-hybridized carbons (Fsp3) is 0.375. The van der Waals surface area contributed by atoms with Crippen molar-refractivity contribution in [3.8, 4) is 11.6 Å². The lowest BCUT2D eigenvalue weighted by molar-refractivity contribution is 0.450. The van der Waals surface area contributed by atoms with E-state index in [4.69, 9.17) is 4.74 Å². The molecule has 1 heterocycles. The Bertz CT molecular complexity index is 616. The molecule has 0 amide bonds. The smallest absolute Gasteiger partial charge is 0.227 e. The van der Waals surface area contributed by atoms with Gasteiger partial charge in [0.2, 0.25) is 5.88 Å². The van der Waals surface area contributed by atoms with Gasteiger partial charge in [0.05, 0.1) is 5.56 Å². The first-order valence-corrected chi connectivity index (χ1v) is 7.17. The zero-order valence-corrected chi connectivity index (χ0v) is 12.6. The number of ether oxygens (including phenoxy) is 1. The van der Waals surface area contributed by atoms with Crippen LogP contribution in [-0.2, 0) is 6.42 Å². The van der Waals surface area contributed by atoms with Gasteiger partial charge in [-0.25, -0.2) is 14.4 Å². The maximum absolute atomic E-state index is 13.1. The summed E-state index contributed by atoms with van der Waals surface area (Å²) in [5.74, 6) is 1.64. The molecule has 0 bridgehead atoms. The standard InChI is InChI=1S/C16H20FN3O/c1-4-8-18-15-13(5-2)16(20-10-19-15)21-14-7-6-12(17)9-11(14)3/h6-7,9-10H,4-5,8H2,1-3H3,(H,18,19,20). The molecule has 0 fully saturated rings. The van der Waals surface area contributed by atoms with Gasteiger partial charge in [-0.05, 0) is 43.5 Å². The molecule has 112 valence electrons. The van der Waals surface area contributed by atoms with Crippen molar-refractivity contribution >= 4 is 5.82 Å². The third-order valence-electron chi connectivity index (χ3n) is 3.15. The van der Waals surface area contributed by atoms with Crippen LogP contribution in [0.3, 0.4) is 0 Å². The molecule has 1 aromatic heterocycles.